The van der Waals surface area contributed by atoms with E-state index in [0.717, 1.165) is 23.5 Å². The largest absolute Gasteiger partial charge is 0.312 e. The van der Waals surface area contributed by atoms with Crippen molar-refractivity contribution in [2.75, 3.05) is 17.2 Å². The van der Waals surface area contributed by atoms with Crippen molar-refractivity contribution in [1.82, 2.24) is 14.8 Å². The molecule has 1 amide bonds. The van der Waals surface area contributed by atoms with Crippen molar-refractivity contribution in [3.05, 3.63) is 59.7 Å². The molecule has 0 spiro atoms. The summed E-state index contributed by atoms with van der Waals surface area (Å²) in [6.07, 6.45) is 1.44. The van der Waals surface area contributed by atoms with Crippen LogP contribution in [-0.2, 0) is 11.8 Å². The third-order valence-electron chi connectivity index (χ3n) is 5.03. The summed E-state index contributed by atoms with van der Waals surface area (Å²) in [5.74, 6) is 1.15. The predicted octanol–water partition coefficient (Wildman–Crippen LogP) is 3.89. The van der Waals surface area contributed by atoms with E-state index < -0.39 is 0 Å². The van der Waals surface area contributed by atoms with Crippen molar-refractivity contribution in [2.24, 2.45) is 7.05 Å². The Hall–Kier alpha value is -2.93. The molecule has 1 saturated heterocycles. The van der Waals surface area contributed by atoms with Gasteiger partial charge in [-0.2, -0.15) is 0 Å². The van der Waals surface area contributed by atoms with E-state index in [0.29, 0.717) is 23.7 Å². The Morgan fingerprint density at radius 2 is 1.93 bits per heavy atom. The first-order valence-corrected chi connectivity index (χ1v) is 10.5. The number of ketones is 1. The summed E-state index contributed by atoms with van der Waals surface area (Å²) in [5.41, 5.74) is 3.58. The van der Waals surface area contributed by atoms with Gasteiger partial charge in [0.1, 0.15) is 0 Å². The second kappa shape index (κ2) is 8.21. The van der Waals surface area contributed by atoms with E-state index in [2.05, 4.69) is 10.2 Å². The van der Waals surface area contributed by atoms with Gasteiger partial charge in [0.05, 0.1) is 5.75 Å². The summed E-state index contributed by atoms with van der Waals surface area (Å²) < 4.78 is 1.90. The molecule has 0 aliphatic carbocycles. The van der Waals surface area contributed by atoms with Crippen LogP contribution in [-0.4, -0.2) is 38.8 Å². The summed E-state index contributed by atoms with van der Waals surface area (Å²) in [6.45, 7) is 2.76. The molecule has 7 heteroatoms. The van der Waals surface area contributed by atoms with Crippen molar-refractivity contribution in [3.63, 3.8) is 0 Å². The Bertz CT molecular complexity index is 1060. The number of carbonyl (C=O) groups excluding carboxylic acids is 2. The fourth-order valence-electron chi connectivity index (χ4n) is 3.38. The molecule has 3 aromatic rings. The molecule has 29 heavy (non-hydrogen) atoms. The van der Waals surface area contributed by atoms with Crippen molar-refractivity contribution >= 4 is 29.1 Å². The van der Waals surface area contributed by atoms with Crippen LogP contribution in [0.5, 0.6) is 0 Å². The standard InChI is InChI=1S/C22H22N4O2S/c1-15-8-10-16(11-9-15)21-23-24-22(25(21)2)29-14-19(27)17-5-3-6-18(13-17)26-12-4-7-20(26)28/h3,5-6,8-11,13H,4,7,12,14H2,1-2H3. The van der Waals surface area contributed by atoms with E-state index >= 15 is 0 Å². The highest BCUT2D eigenvalue weighted by atomic mass is 32.2. The van der Waals surface area contributed by atoms with Gasteiger partial charge in [-0.05, 0) is 25.5 Å². The zero-order valence-electron chi connectivity index (χ0n) is 16.5. The minimum atomic E-state index is 0.00313. The lowest BCUT2D eigenvalue weighted by molar-refractivity contribution is -0.117. The van der Waals surface area contributed by atoms with Crippen molar-refractivity contribution in [2.45, 2.75) is 24.9 Å². The molecule has 2 aromatic carbocycles. The molecule has 148 valence electrons. The molecule has 2 heterocycles. The maximum Gasteiger partial charge on any atom is 0.227 e. The molecule has 0 N–H and O–H groups in total. The fourth-order valence-corrected chi connectivity index (χ4v) is 4.18. The molecule has 0 saturated carbocycles. The quantitative estimate of drug-likeness (QED) is 0.459. The minimum Gasteiger partial charge on any atom is -0.312 e. The van der Waals surface area contributed by atoms with Crippen LogP contribution in [0.15, 0.2) is 53.7 Å². The second-order valence-electron chi connectivity index (χ2n) is 7.14. The topological polar surface area (TPSA) is 68.1 Å². The normalized spacial score (nSPS) is 13.9. The van der Waals surface area contributed by atoms with Crippen molar-refractivity contribution < 1.29 is 9.59 Å². The van der Waals surface area contributed by atoms with Gasteiger partial charge < -0.3 is 9.47 Å². The van der Waals surface area contributed by atoms with Crippen molar-refractivity contribution in [1.29, 1.82) is 0 Å². The number of aromatic nitrogens is 3. The molecule has 1 aliphatic heterocycles. The molecule has 0 radical (unpaired) electrons. The molecule has 0 atom stereocenters. The Kier molecular flexibility index (Phi) is 5.49. The third kappa shape index (κ3) is 4.10. The monoisotopic (exact) mass is 406 g/mol. The van der Waals surface area contributed by atoms with E-state index in [-0.39, 0.29) is 17.4 Å². The van der Waals surface area contributed by atoms with Crippen LogP contribution in [0.2, 0.25) is 0 Å². The number of carbonyl (C=O) groups is 2. The Morgan fingerprint density at radius 1 is 1.14 bits per heavy atom. The molecular formula is C22H22N4O2S. The smallest absolute Gasteiger partial charge is 0.227 e. The van der Waals surface area contributed by atoms with E-state index in [1.807, 2.05) is 54.9 Å². The van der Waals surface area contributed by atoms with Gasteiger partial charge in [-0.1, -0.05) is 53.7 Å². The zero-order valence-corrected chi connectivity index (χ0v) is 17.3. The number of thioether (sulfide) groups is 1. The van der Waals surface area contributed by atoms with Crippen LogP contribution in [0.1, 0.15) is 28.8 Å². The summed E-state index contributed by atoms with van der Waals surface area (Å²) in [5, 5.41) is 9.21. The number of nitrogens with zero attached hydrogens (tertiary/aromatic N) is 4. The van der Waals surface area contributed by atoms with E-state index in [1.54, 1.807) is 17.0 Å². The van der Waals surface area contributed by atoms with Crippen LogP contribution in [0.25, 0.3) is 11.4 Å². The fraction of sp³-hybridized carbons (Fsp3) is 0.273. The average Bonchev–Trinajstić information content (AvgIpc) is 3.32. The highest BCUT2D eigenvalue weighted by Crippen LogP contribution is 2.25. The van der Waals surface area contributed by atoms with Gasteiger partial charge in [0.25, 0.3) is 0 Å². The Morgan fingerprint density at radius 3 is 2.66 bits per heavy atom. The molecule has 0 bridgehead atoms. The van der Waals surface area contributed by atoms with Crippen LogP contribution < -0.4 is 4.90 Å². The highest BCUT2D eigenvalue weighted by molar-refractivity contribution is 7.99. The number of aryl methyl sites for hydroxylation is 1. The number of benzene rings is 2. The number of hydrogen-bond acceptors (Lipinski definition) is 5. The molecule has 1 aliphatic rings. The predicted molar refractivity (Wildman–Crippen MR) is 114 cm³/mol. The van der Waals surface area contributed by atoms with Crippen LogP contribution in [0, 0.1) is 6.92 Å². The number of hydrogen-bond donors (Lipinski definition) is 0. The van der Waals surface area contributed by atoms with E-state index in [9.17, 15) is 9.59 Å². The first-order chi connectivity index (χ1) is 14.0. The summed E-state index contributed by atoms with van der Waals surface area (Å²) >= 11 is 1.37. The van der Waals surface area contributed by atoms with Gasteiger partial charge in [0.15, 0.2) is 16.8 Å². The number of amides is 1. The lowest BCUT2D eigenvalue weighted by Gasteiger charge is -2.16. The average molecular weight is 407 g/mol. The Balaban J connectivity index is 1.45. The minimum absolute atomic E-state index is 0.00313. The van der Waals surface area contributed by atoms with Crippen molar-refractivity contribution in [3.8, 4) is 11.4 Å². The molecule has 1 aromatic heterocycles. The second-order valence-corrected chi connectivity index (χ2v) is 8.08. The highest BCUT2D eigenvalue weighted by Gasteiger charge is 2.22. The zero-order chi connectivity index (χ0) is 20.4. The summed E-state index contributed by atoms with van der Waals surface area (Å²) in [4.78, 5) is 26.4. The molecule has 1 fully saturated rings. The molecule has 0 unspecified atom stereocenters. The SMILES string of the molecule is Cc1ccc(-c2nnc(SCC(=O)c3cccc(N4CCCC4=O)c3)n2C)cc1. The maximum atomic E-state index is 12.7. The van der Waals surface area contributed by atoms with Gasteiger partial charge in [0.2, 0.25) is 5.91 Å². The van der Waals surface area contributed by atoms with E-state index in [4.69, 9.17) is 0 Å². The molecule has 6 nitrogen and oxygen atoms in total. The van der Waals surface area contributed by atoms with Gasteiger partial charge in [-0.15, -0.1) is 10.2 Å². The first kappa shape index (κ1) is 19.4. The molecule has 4 rings (SSSR count). The maximum absolute atomic E-state index is 12.7. The van der Waals surface area contributed by atoms with Gasteiger partial charge in [0, 0.05) is 36.8 Å². The number of anilines is 1. The van der Waals surface area contributed by atoms with Crippen LogP contribution >= 0.6 is 11.8 Å². The number of Topliss-reactive ketones (excluding diaryl/α,β-unsaturated/α-hetero) is 1. The lowest BCUT2D eigenvalue weighted by Crippen LogP contribution is -2.23. The van der Waals surface area contributed by atoms with Gasteiger partial charge in [-0.25, -0.2) is 0 Å². The first-order valence-electron chi connectivity index (χ1n) is 9.56. The summed E-state index contributed by atoms with van der Waals surface area (Å²) in [6, 6.07) is 15.4. The van der Waals surface area contributed by atoms with Gasteiger partial charge >= 0.3 is 0 Å². The lowest BCUT2D eigenvalue weighted by atomic mass is 10.1. The Labute approximate surface area is 173 Å². The van der Waals surface area contributed by atoms with Crippen LogP contribution in [0.3, 0.4) is 0 Å². The van der Waals surface area contributed by atoms with E-state index in [1.165, 1.54) is 17.3 Å². The molecular weight excluding hydrogens is 384 g/mol. The number of rotatable bonds is 6. The summed E-state index contributed by atoms with van der Waals surface area (Å²) in [7, 11) is 1.90. The van der Waals surface area contributed by atoms with Gasteiger partial charge in [-0.3, -0.25) is 9.59 Å². The third-order valence-corrected chi connectivity index (χ3v) is 6.05. The van der Waals surface area contributed by atoms with Crippen LogP contribution in [0.4, 0.5) is 5.69 Å².